The first-order chi connectivity index (χ1) is 5.32. The Kier molecular flexibility index (Phi) is 1.16. The molecule has 3 aliphatic carbocycles. The van der Waals surface area contributed by atoms with Gasteiger partial charge in [-0.15, -0.1) is 0 Å². The van der Waals surface area contributed by atoms with Crippen LogP contribution < -0.4 is 0 Å². The van der Waals surface area contributed by atoms with E-state index in [9.17, 15) is 4.80 Å². The van der Waals surface area contributed by atoms with E-state index >= 15 is 0 Å². The molecule has 0 heterocycles. The van der Waals surface area contributed by atoms with E-state index in [1.807, 2.05) is 0 Å². The maximum Gasteiger partial charge on any atom is 0.246 e. The van der Waals surface area contributed by atoms with Crippen LogP contribution in [0.4, 0.5) is 0 Å². The van der Waals surface area contributed by atoms with Crippen molar-refractivity contribution >= 4 is 8.32 Å². The fraction of sp³-hybridized carbons (Fsp3) is 1.00. The second-order valence-corrected chi connectivity index (χ2v) is 8.83. The SMILES string of the molecule is [O][Si](C1CC1)(C1CC1)C1CC1. The number of hydrogen-bond donors (Lipinski definition) is 0. The second kappa shape index (κ2) is 1.91. The van der Waals surface area contributed by atoms with Crippen LogP contribution in [-0.4, -0.2) is 8.32 Å². The van der Waals surface area contributed by atoms with Crippen molar-refractivity contribution in [3.63, 3.8) is 0 Å². The highest BCUT2D eigenvalue weighted by molar-refractivity contribution is 6.78. The van der Waals surface area contributed by atoms with Gasteiger partial charge in [0.25, 0.3) is 0 Å². The second-order valence-electron chi connectivity index (χ2n) is 4.68. The summed E-state index contributed by atoms with van der Waals surface area (Å²) in [5, 5.41) is 0. The lowest BCUT2D eigenvalue weighted by Gasteiger charge is -2.21. The lowest BCUT2D eigenvalue weighted by molar-refractivity contribution is 0.403. The van der Waals surface area contributed by atoms with E-state index in [1.54, 1.807) is 0 Å². The molecule has 0 unspecified atom stereocenters. The average molecular weight is 167 g/mol. The van der Waals surface area contributed by atoms with Gasteiger partial charge in [-0.25, -0.2) is 0 Å². The van der Waals surface area contributed by atoms with Crippen molar-refractivity contribution in [3.05, 3.63) is 0 Å². The maximum absolute atomic E-state index is 12.5. The molecular formula is C9H15OSi. The fourth-order valence-corrected chi connectivity index (χ4v) is 7.81. The van der Waals surface area contributed by atoms with E-state index in [0.717, 1.165) is 16.6 Å². The van der Waals surface area contributed by atoms with Gasteiger partial charge in [0.2, 0.25) is 8.32 Å². The normalized spacial score (nSPS) is 32.5. The zero-order valence-corrected chi connectivity index (χ0v) is 7.88. The Bertz CT molecular complexity index is 149. The highest BCUT2D eigenvalue weighted by Crippen LogP contribution is 2.66. The first-order valence-electron chi connectivity index (χ1n) is 5.02. The predicted octanol–water partition coefficient (Wildman–Crippen LogP) is 2.85. The molecule has 0 spiro atoms. The maximum atomic E-state index is 12.5. The topological polar surface area (TPSA) is 19.9 Å². The van der Waals surface area contributed by atoms with Crippen LogP contribution in [0, 0.1) is 0 Å². The molecule has 0 N–H and O–H groups in total. The van der Waals surface area contributed by atoms with E-state index in [0.29, 0.717) is 0 Å². The van der Waals surface area contributed by atoms with Gasteiger partial charge in [0.1, 0.15) is 0 Å². The number of hydrogen-bond acceptors (Lipinski definition) is 0. The van der Waals surface area contributed by atoms with Gasteiger partial charge >= 0.3 is 0 Å². The summed E-state index contributed by atoms with van der Waals surface area (Å²) in [5.41, 5.74) is 2.22. The molecule has 3 rings (SSSR count). The Morgan fingerprint density at radius 2 is 1.00 bits per heavy atom. The van der Waals surface area contributed by atoms with Gasteiger partial charge in [-0.2, -0.15) is 0 Å². The van der Waals surface area contributed by atoms with Crippen LogP contribution in [0.1, 0.15) is 38.5 Å². The third-order valence-electron chi connectivity index (χ3n) is 3.65. The van der Waals surface area contributed by atoms with Gasteiger partial charge < -0.3 is 0 Å². The molecule has 3 saturated carbocycles. The van der Waals surface area contributed by atoms with Crippen LogP contribution >= 0.6 is 0 Å². The van der Waals surface area contributed by atoms with Crippen LogP contribution in [0.3, 0.4) is 0 Å². The Labute approximate surface area is 68.9 Å². The van der Waals surface area contributed by atoms with E-state index in [4.69, 9.17) is 0 Å². The molecule has 0 aromatic carbocycles. The van der Waals surface area contributed by atoms with Crippen molar-refractivity contribution in [2.75, 3.05) is 0 Å². The van der Waals surface area contributed by atoms with Crippen molar-refractivity contribution in [1.29, 1.82) is 0 Å². The standard InChI is InChI=1S/C9H15OSi/c10-11(7-1-2-7,8-3-4-8)9-5-6-9/h7-9H,1-6H2. The average Bonchev–Trinajstić information content (AvgIpc) is 2.81. The highest BCUT2D eigenvalue weighted by Gasteiger charge is 2.64. The third-order valence-corrected chi connectivity index (χ3v) is 9.21. The molecule has 61 valence electrons. The van der Waals surface area contributed by atoms with Crippen LogP contribution in [-0.2, 0) is 4.80 Å². The molecule has 0 bridgehead atoms. The molecule has 3 aliphatic rings. The predicted molar refractivity (Wildman–Crippen MR) is 45.4 cm³/mol. The summed E-state index contributed by atoms with van der Waals surface area (Å²) in [6.07, 6.45) is 7.85. The summed E-state index contributed by atoms with van der Waals surface area (Å²) >= 11 is 0. The van der Waals surface area contributed by atoms with Crippen LogP contribution in [0.5, 0.6) is 0 Å². The number of rotatable bonds is 3. The van der Waals surface area contributed by atoms with Crippen molar-refractivity contribution < 1.29 is 4.80 Å². The molecule has 3 fully saturated rings. The Hall–Kier alpha value is 0.177. The summed E-state index contributed by atoms with van der Waals surface area (Å²) in [7, 11) is -1.90. The monoisotopic (exact) mass is 167 g/mol. The third kappa shape index (κ3) is 0.921. The first-order valence-corrected chi connectivity index (χ1v) is 7.16. The largest absolute Gasteiger partial charge is 0.296 e. The minimum Gasteiger partial charge on any atom is -0.296 e. The van der Waals surface area contributed by atoms with Crippen LogP contribution in [0.15, 0.2) is 0 Å². The molecule has 11 heavy (non-hydrogen) atoms. The molecule has 1 nitrogen and oxygen atoms in total. The highest BCUT2D eigenvalue weighted by atomic mass is 28.4. The molecule has 0 aromatic rings. The van der Waals surface area contributed by atoms with E-state index in [1.165, 1.54) is 38.5 Å². The Morgan fingerprint density at radius 3 is 1.18 bits per heavy atom. The smallest absolute Gasteiger partial charge is 0.246 e. The lowest BCUT2D eigenvalue weighted by Crippen LogP contribution is -2.34. The van der Waals surface area contributed by atoms with Gasteiger partial charge in [0.15, 0.2) is 0 Å². The minimum absolute atomic E-state index is 0.738. The summed E-state index contributed by atoms with van der Waals surface area (Å²) in [4.78, 5) is 12.5. The quantitative estimate of drug-likeness (QED) is 0.576. The molecule has 0 amide bonds. The van der Waals surface area contributed by atoms with E-state index in [-0.39, 0.29) is 0 Å². The lowest BCUT2D eigenvalue weighted by atomic mass is 10.9. The fourth-order valence-electron chi connectivity index (χ4n) is 2.60. The van der Waals surface area contributed by atoms with Gasteiger partial charge in [-0.05, 0) is 16.6 Å². The molecule has 2 heteroatoms. The molecule has 0 atom stereocenters. The molecule has 0 aromatic heterocycles. The van der Waals surface area contributed by atoms with Crippen molar-refractivity contribution in [1.82, 2.24) is 0 Å². The van der Waals surface area contributed by atoms with Gasteiger partial charge in [-0.3, -0.25) is 4.80 Å². The summed E-state index contributed by atoms with van der Waals surface area (Å²) in [6.45, 7) is 0. The zero-order valence-electron chi connectivity index (χ0n) is 6.88. The van der Waals surface area contributed by atoms with Gasteiger partial charge in [0.05, 0.1) is 0 Å². The summed E-state index contributed by atoms with van der Waals surface area (Å²) < 4.78 is 0. The molecule has 0 saturated heterocycles. The molecule has 0 aliphatic heterocycles. The zero-order chi connectivity index (χ0) is 7.47. The van der Waals surface area contributed by atoms with Crippen LogP contribution in [0.2, 0.25) is 16.6 Å². The van der Waals surface area contributed by atoms with Crippen molar-refractivity contribution in [2.45, 2.75) is 55.1 Å². The Morgan fingerprint density at radius 1 is 0.727 bits per heavy atom. The summed E-state index contributed by atoms with van der Waals surface area (Å²) in [6, 6.07) is 0. The van der Waals surface area contributed by atoms with Crippen molar-refractivity contribution in [2.24, 2.45) is 0 Å². The minimum atomic E-state index is -1.90. The van der Waals surface area contributed by atoms with E-state index in [2.05, 4.69) is 0 Å². The van der Waals surface area contributed by atoms with E-state index < -0.39 is 8.32 Å². The first kappa shape index (κ1) is 6.67. The summed E-state index contributed by atoms with van der Waals surface area (Å²) in [5.74, 6) is 0. The van der Waals surface area contributed by atoms with Crippen LogP contribution in [0.25, 0.3) is 0 Å². The molecular weight excluding hydrogens is 152 g/mol. The Balaban J connectivity index is 1.82. The van der Waals surface area contributed by atoms with Crippen molar-refractivity contribution in [3.8, 4) is 0 Å². The van der Waals surface area contributed by atoms with Gasteiger partial charge in [-0.1, -0.05) is 38.5 Å². The molecule has 1 radical (unpaired) electrons. The van der Waals surface area contributed by atoms with Gasteiger partial charge in [0, 0.05) is 0 Å².